The predicted octanol–water partition coefficient (Wildman–Crippen LogP) is 3.84. The van der Waals surface area contributed by atoms with Crippen molar-refractivity contribution in [3.63, 3.8) is 0 Å². The van der Waals surface area contributed by atoms with Crippen LogP contribution in [0.3, 0.4) is 0 Å². The Hall–Kier alpha value is -2.25. The molecule has 0 amide bonds. The van der Waals surface area contributed by atoms with Gasteiger partial charge in [-0.05, 0) is 44.4 Å². The largest absolute Gasteiger partial charge is 0.456 e. The number of carbonyl (C=O) groups is 1. The summed E-state index contributed by atoms with van der Waals surface area (Å²) in [5.74, 6) is -1.10. The highest BCUT2D eigenvalue weighted by Crippen LogP contribution is 2.53. The van der Waals surface area contributed by atoms with E-state index in [1.165, 1.54) is 0 Å². The summed E-state index contributed by atoms with van der Waals surface area (Å²) in [6.07, 6.45) is -0.286. The van der Waals surface area contributed by atoms with Crippen LogP contribution in [-0.2, 0) is 30.3 Å². The van der Waals surface area contributed by atoms with Crippen LogP contribution < -0.4 is 0 Å². The third-order valence-corrected chi connectivity index (χ3v) is 6.08. The summed E-state index contributed by atoms with van der Waals surface area (Å²) in [5.41, 5.74) is 0.824. The molecule has 6 heteroatoms. The maximum Gasteiger partial charge on any atom is 0.338 e. The smallest absolute Gasteiger partial charge is 0.338 e. The molecule has 3 fully saturated rings. The lowest BCUT2D eigenvalue weighted by Crippen LogP contribution is -2.62. The zero-order valence-corrected chi connectivity index (χ0v) is 17.2. The van der Waals surface area contributed by atoms with E-state index in [0.29, 0.717) is 18.6 Å². The molecule has 1 aliphatic carbocycles. The average Bonchev–Trinajstić information content (AvgIpc) is 3.21. The lowest BCUT2D eigenvalue weighted by atomic mass is 9.72. The molecule has 3 aliphatic rings. The molecule has 2 aliphatic heterocycles. The molecule has 1 saturated carbocycles. The van der Waals surface area contributed by atoms with Gasteiger partial charge in [0, 0.05) is 0 Å². The quantitative estimate of drug-likeness (QED) is 0.698. The molecule has 2 aromatic rings. The fraction of sp³-hybridized carbons (Fsp3) is 0.458. The van der Waals surface area contributed by atoms with Gasteiger partial charge in [-0.15, -0.1) is 0 Å². The van der Waals surface area contributed by atoms with E-state index < -0.39 is 29.9 Å². The van der Waals surface area contributed by atoms with Gasteiger partial charge in [0.05, 0.1) is 12.2 Å². The summed E-state index contributed by atoms with van der Waals surface area (Å²) >= 11 is 0. The number of rotatable bonds is 5. The molecule has 6 nitrogen and oxygen atoms in total. The Bertz CT molecular complexity index is 898. The van der Waals surface area contributed by atoms with Gasteiger partial charge in [0.25, 0.3) is 0 Å². The minimum absolute atomic E-state index is 0.357. The zero-order valence-electron chi connectivity index (χ0n) is 17.2. The lowest BCUT2D eigenvalue weighted by molar-refractivity contribution is -0.287. The fourth-order valence-corrected chi connectivity index (χ4v) is 4.55. The van der Waals surface area contributed by atoms with Crippen molar-refractivity contribution in [3.8, 4) is 0 Å². The van der Waals surface area contributed by atoms with Gasteiger partial charge in [-0.1, -0.05) is 48.5 Å². The number of ether oxygens (including phenoxy) is 5. The summed E-state index contributed by atoms with van der Waals surface area (Å²) in [6, 6.07) is 19.0. The van der Waals surface area contributed by atoms with E-state index in [-0.39, 0.29) is 12.1 Å². The second-order valence-corrected chi connectivity index (χ2v) is 8.56. The maximum absolute atomic E-state index is 12.6. The van der Waals surface area contributed by atoms with Crippen molar-refractivity contribution in [1.29, 1.82) is 0 Å². The van der Waals surface area contributed by atoms with Crippen molar-refractivity contribution in [1.82, 2.24) is 0 Å². The molecule has 2 saturated heterocycles. The SMILES string of the molecule is CC1(C)OC2O[C@]3(CC[C@@H]3OC(=O)c3ccccc3)C(OCc3ccccc3)[C@@H]2O1. The van der Waals surface area contributed by atoms with Crippen molar-refractivity contribution >= 4 is 5.97 Å². The van der Waals surface area contributed by atoms with Gasteiger partial charge in [0.2, 0.25) is 0 Å². The van der Waals surface area contributed by atoms with Crippen LogP contribution in [0, 0.1) is 0 Å². The minimum atomic E-state index is -0.759. The Balaban J connectivity index is 1.36. The number of carbonyl (C=O) groups excluding carboxylic acids is 1. The van der Waals surface area contributed by atoms with E-state index in [1.54, 1.807) is 12.1 Å². The molecule has 2 heterocycles. The summed E-state index contributed by atoms with van der Waals surface area (Å²) in [6.45, 7) is 4.15. The van der Waals surface area contributed by atoms with Gasteiger partial charge in [0.1, 0.15) is 23.9 Å². The third kappa shape index (κ3) is 3.44. The van der Waals surface area contributed by atoms with E-state index in [9.17, 15) is 4.79 Å². The topological polar surface area (TPSA) is 63.2 Å². The predicted molar refractivity (Wildman–Crippen MR) is 108 cm³/mol. The number of fused-ring (bicyclic) bond motifs is 1. The van der Waals surface area contributed by atoms with Crippen LogP contribution in [-0.4, -0.2) is 42.0 Å². The number of benzene rings is 2. The highest BCUT2D eigenvalue weighted by Gasteiger charge is 2.69. The summed E-state index contributed by atoms with van der Waals surface area (Å²) in [4.78, 5) is 12.6. The van der Waals surface area contributed by atoms with Crippen molar-refractivity contribution in [2.24, 2.45) is 0 Å². The monoisotopic (exact) mass is 410 g/mol. The van der Waals surface area contributed by atoms with Gasteiger partial charge in [0.15, 0.2) is 12.1 Å². The number of hydrogen-bond donors (Lipinski definition) is 0. The first-order valence-corrected chi connectivity index (χ1v) is 10.4. The molecule has 1 spiro atoms. The van der Waals surface area contributed by atoms with Gasteiger partial charge in [-0.2, -0.15) is 0 Å². The summed E-state index contributed by atoms with van der Waals surface area (Å²) in [7, 11) is 0. The normalized spacial score (nSPS) is 33.8. The summed E-state index contributed by atoms with van der Waals surface area (Å²) < 4.78 is 30.6. The molecule has 0 radical (unpaired) electrons. The first-order chi connectivity index (χ1) is 14.5. The Kier molecular flexibility index (Phi) is 4.90. The van der Waals surface area contributed by atoms with Crippen LogP contribution in [0.2, 0.25) is 0 Å². The molecular weight excluding hydrogens is 384 g/mol. The summed E-state index contributed by atoms with van der Waals surface area (Å²) in [5, 5.41) is 0. The number of hydrogen-bond acceptors (Lipinski definition) is 6. The molecule has 30 heavy (non-hydrogen) atoms. The molecule has 158 valence electrons. The van der Waals surface area contributed by atoms with Crippen LogP contribution >= 0.6 is 0 Å². The molecule has 2 aromatic carbocycles. The van der Waals surface area contributed by atoms with Crippen LogP contribution in [0.4, 0.5) is 0 Å². The average molecular weight is 410 g/mol. The highest BCUT2D eigenvalue weighted by atomic mass is 16.8. The molecule has 0 N–H and O–H groups in total. The van der Waals surface area contributed by atoms with Crippen LogP contribution in [0.1, 0.15) is 42.6 Å². The standard InChI is InChI=1S/C24H26O6/c1-23(2)28-19-20(26-15-16-9-5-3-6-10-16)24(30-22(19)29-23)14-13-18(24)27-21(25)17-11-7-4-8-12-17/h3-12,18-20,22H,13-15H2,1-2H3/t18-,19-,20?,22?,24-/m0/s1. The molecular formula is C24H26O6. The van der Waals surface area contributed by atoms with E-state index in [1.807, 2.05) is 62.4 Å². The van der Waals surface area contributed by atoms with E-state index >= 15 is 0 Å². The van der Waals surface area contributed by atoms with Gasteiger partial charge >= 0.3 is 5.97 Å². The first-order valence-electron chi connectivity index (χ1n) is 10.4. The molecule has 2 unspecified atom stereocenters. The van der Waals surface area contributed by atoms with Crippen molar-refractivity contribution < 1.29 is 28.5 Å². The van der Waals surface area contributed by atoms with Crippen molar-refractivity contribution in [2.45, 2.75) is 69.3 Å². The van der Waals surface area contributed by atoms with E-state index in [0.717, 1.165) is 12.0 Å². The maximum atomic E-state index is 12.6. The first kappa shape index (κ1) is 19.7. The molecule has 0 aromatic heterocycles. The van der Waals surface area contributed by atoms with Crippen molar-refractivity contribution in [3.05, 3.63) is 71.8 Å². The van der Waals surface area contributed by atoms with Gasteiger partial charge in [-0.3, -0.25) is 0 Å². The Morgan fingerprint density at radius 3 is 2.37 bits per heavy atom. The third-order valence-electron chi connectivity index (χ3n) is 6.08. The fourth-order valence-electron chi connectivity index (χ4n) is 4.55. The Labute approximate surface area is 176 Å². The van der Waals surface area contributed by atoms with E-state index in [2.05, 4.69) is 0 Å². The second-order valence-electron chi connectivity index (χ2n) is 8.56. The van der Waals surface area contributed by atoms with Gasteiger partial charge in [-0.25, -0.2) is 4.79 Å². The lowest BCUT2D eigenvalue weighted by Gasteiger charge is -2.48. The highest BCUT2D eigenvalue weighted by molar-refractivity contribution is 5.89. The Morgan fingerprint density at radius 1 is 1.00 bits per heavy atom. The molecule has 5 rings (SSSR count). The molecule has 0 bridgehead atoms. The van der Waals surface area contributed by atoms with Crippen LogP contribution in [0.5, 0.6) is 0 Å². The number of esters is 1. The van der Waals surface area contributed by atoms with Crippen LogP contribution in [0.25, 0.3) is 0 Å². The van der Waals surface area contributed by atoms with Crippen molar-refractivity contribution in [2.75, 3.05) is 0 Å². The second kappa shape index (κ2) is 7.46. The zero-order chi connectivity index (χ0) is 20.8. The van der Waals surface area contributed by atoms with E-state index in [4.69, 9.17) is 23.7 Å². The minimum Gasteiger partial charge on any atom is -0.456 e. The Morgan fingerprint density at radius 2 is 1.70 bits per heavy atom. The molecule has 5 atom stereocenters. The van der Waals surface area contributed by atoms with Gasteiger partial charge < -0.3 is 23.7 Å². The van der Waals surface area contributed by atoms with Crippen LogP contribution in [0.15, 0.2) is 60.7 Å².